The van der Waals surface area contributed by atoms with Crippen LogP contribution in [0.2, 0.25) is 0 Å². The van der Waals surface area contributed by atoms with Gasteiger partial charge in [0.2, 0.25) is 5.95 Å². The van der Waals surface area contributed by atoms with E-state index < -0.39 is 0 Å². The van der Waals surface area contributed by atoms with Crippen molar-refractivity contribution in [3.63, 3.8) is 0 Å². The van der Waals surface area contributed by atoms with Crippen LogP contribution in [0.3, 0.4) is 0 Å². The normalized spacial score (nSPS) is 10.3. The van der Waals surface area contributed by atoms with Crippen molar-refractivity contribution in [2.24, 2.45) is 0 Å². The number of anilines is 2. The van der Waals surface area contributed by atoms with Crippen LogP contribution < -0.4 is 10.6 Å². The lowest BCUT2D eigenvalue weighted by Gasteiger charge is -2.10. The molecule has 0 aliphatic carbocycles. The zero-order valence-corrected chi connectivity index (χ0v) is 12.8. The molecule has 0 spiro atoms. The van der Waals surface area contributed by atoms with Crippen molar-refractivity contribution >= 4 is 11.8 Å². The van der Waals surface area contributed by atoms with Crippen LogP contribution in [0.5, 0.6) is 0 Å². The summed E-state index contributed by atoms with van der Waals surface area (Å²) in [4.78, 5) is 8.82. The molecule has 1 aromatic heterocycles. The summed E-state index contributed by atoms with van der Waals surface area (Å²) in [5.74, 6) is 0.931. The van der Waals surface area contributed by atoms with Gasteiger partial charge in [0.25, 0.3) is 0 Å². The van der Waals surface area contributed by atoms with E-state index >= 15 is 0 Å². The Morgan fingerprint density at radius 1 is 0.957 bits per heavy atom. The Morgan fingerprint density at radius 3 is 2.43 bits per heavy atom. The molecule has 5 heteroatoms. The van der Waals surface area contributed by atoms with Crippen LogP contribution in [-0.2, 0) is 6.54 Å². The molecule has 116 valence electrons. The SMILES string of the molecule is CNc1nc(NCc2ccccc2F)cc(-c2ccccc2)n1. The first kappa shape index (κ1) is 15.0. The van der Waals surface area contributed by atoms with Crippen LogP contribution in [-0.4, -0.2) is 17.0 Å². The number of nitrogens with one attached hydrogen (secondary N) is 2. The van der Waals surface area contributed by atoms with Gasteiger partial charge in [0.1, 0.15) is 11.6 Å². The van der Waals surface area contributed by atoms with Crippen LogP contribution in [0.15, 0.2) is 60.7 Å². The van der Waals surface area contributed by atoms with Crippen molar-refractivity contribution < 1.29 is 4.39 Å². The first-order valence-corrected chi connectivity index (χ1v) is 7.36. The molecule has 0 atom stereocenters. The van der Waals surface area contributed by atoms with Crippen LogP contribution in [0.4, 0.5) is 16.2 Å². The number of halogens is 1. The standard InChI is InChI=1S/C18H17FN4/c1-20-18-22-16(13-7-3-2-4-8-13)11-17(23-18)21-12-14-9-5-6-10-15(14)19/h2-11H,12H2,1H3,(H2,20,21,22,23). The molecule has 0 aliphatic heterocycles. The molecule has 2 N–H and O–H groups in total. The van der Waals surface area contributed by atoms with E-state index in [1.54, 1.807) is 19.2 Å². The van der Waals surface area contributed by atoms with E-state index in [2.05, 4.69) is 20.6 Å². The molecule has 4 nitrogen and oxygen atoms in total. The molecule has 0 saturated heterocycles. The van der Waals surface area contributed by atoms with Gasteiger partial charge in [-0.2, -0.15) is 4.98 Å². The maximum absolute atomic E-state index is 13.7. The molecule has 0 saturated carbocycles. The van der Waals surface area contributed by atoms with Gasteiger partial charge in [0, 0.05) is 30.8 Å². The largest absolute Gasteiger partial charge is 0.366 e. The zero-order chi connectivity index (χ0) is 16.1. The van der Waals surface area contributed by atoms with Gasteiger partial charge in [0.15, 0.2) is 0 Å². The van der Waals surface area contributed by atoms with Crippen LogP contribution >= 0.6 is 0 Å². The van der Waals surface area contributed by atoms with Gasteiger partial charge < -0.3 is 10.6 Å². The Hall–Kier alpha value is -2.95. The van der Waals surface area contributed by atoms with E-state index in [-0.39, 0.29) is 5.82 Å². The number of nitrogens with zero attached hydrogens (tertiary/aromatic N) is 2. The monoisotopic (exact) mass is 308 g/mol. The summed E-state index contributed by atoms with van der Waals surface area (Å²) < 4.78 is 13.7. The smallest absolute Gasteiger partial charge is 0.224 e. The molecule has 0 fully saturated rings. The first-order chi connectivity index (χ1) is 11.3. The van der Waals surface area contributed by atoms with Crippen LogP contribution in [0.1, 0.15) is 5.56 Å². The van der Waals surface area contributed by atoms with Gasteiger partial charge >= 0.3 is 0 Å². The topological polar surface area (TPSA) is 49.8 Å². The quantitative estimate of drug-likeness (QED) is 0.749. The molecule has 0 aliphatic rings. The third-order valence-electron chi connectivity index (χ3n) is 3.44. The summed E-state index contributed by atoms with van der Waals surface area (Å²) in [6, 6.07) is 18.4. The fourth-order valence-electron chi connectivity index (χ4n) is 2.23. The number of aromatic nitrogens is 2. The van der Waals surface area contributed by atoms with Crippen molar-refractivity contribution in [3.05, 3.63) is 72.0 Å². The maximum atomic E-state index is 13.7. The van der Waals surface area contributed by atoms with E-state index in [4.69, 9.17) is 0 Å². The fraction of sp³-hybridized carbons (Fsp3) is 0.111. The number of hydrogen-bond acceptors (Lipinski definition) is 4. The van der Waals surface area contributed by atoms with Gasteiger partial charge in [-0.15, -0.1) is 0 Å². The highest BCUT2D eigenvalue weighted by Crippen LogP contribution is 2.21. The summed E-state index contributed by atoms with van der Waals surface area (Å²) >= 11 is 0. The lowest BCUT2D eigenvalue weighted by atomic mass is 10.1. The van der Waals surface area contributed by atoms with Crippen LogP contribution in [0.25, 0.3) is 11.3 Å². The summed E-state index contributed by atoms with van der Waals surface area (Å²) in [6.07, 6.45) is 0. The average Bonchev–Trinajstić information content (AvgIpc) is 2.61. The Morgan fingerprint density at radius 2 is 1.70 bits per heavy atom. The number of rotatable bonds is 5. The molecule has 3 rings (SSSR count). The average molecular weight is 308 g/mol. The molecule has 1 heterocycles. The number of benzene rings is 2. The predicted octanol–water partition coefficient (Wildman–Crippen LogP) is 3.94. The second-order valence-corrected chi connectivity index (χ2v) is 5.02. The van der Waals surface area contributed by atoms with Crippen molar-refractivity contribution in [2.45, 2.75) is 6.54 Å². The molecule has 2 aromatic carbocycles. The van der Waals surface area contributed by atoms with E-state index in [0.29, 0.717) is 23.9 Å². The highest BCUT2D eigenvalue weighted by atomic mass is 19.1. The Balaban J connectivity index is 1.86. The summed E-state index contributed by atoms with van der Waals surface area (Å²) in [6.45, 7) is 0.362. The lowest BCUT2D eigenvalue weighted by Crippen LogP contribution is -2.06. The van der Waals surface area contributed by atoms with E-state index in [1.807, 2.05) is 42.5 Å². The highest BCUT2D eigenvalue weighted by molar-refractivity contribution is 5.64. The Labute approximate surface area is 134 Å². The van der Waals surface area contributed by atoms with Crippen molar-refractivity contribution in [2.75, 3.05) is 17.7 Å². The minimum absolute atomic E-state index is 0.230. The van der Waals surface area contributed by atoms with E-state index in [1.165, 1.54) is 6.07 Å². The molecule has 0 unspecified atom stereocenters. The number of hydrogen-bond donors (Lipinski definition) is 2. The zero-order valence-electron chi connectivity index (χ0n) is 12.8. The Bertz CT molecular complexity index is 790. The molecular weight excluding hydrogens is 291 g/mol. The minimum Gasteiger partial charge on any atom is -0.366 e. The van der Waals surface area contributed by atoms with Crippen molar-refractivity contribution in [1.82, 2.24) is 9.97 Å². The first-order valence-electron chi connectivity index (χ1n) is 7.36. The summed E-state index contributed by atoms with van der Waals surface area (Å²) in [5, 5.41) is 6.11. The Kier molecular flexibility index (Phi) is 4.47. The molecule has 0 radical (unpaired) electrons. The lowest BCUT2D eigenvalue weighted by molar-refractivity contribution is 0.613. The third kappa shape index (κ3) is 3.63. The summed E-state index contributed by atoms with van der Waals surface area (Å²) in [7, 11) is 1.77. The van der Waals surface area contributed by atoms with Crippen molar-refractivity contribution in [3.8, 4) is 11.3 Å². The molecule has 3 aromatic rings. The maximum Gasteiger partial charge on any atom is 0.224 e. The fourth-order valence-corrected chi connectivity index (χ4v) is 2.23. The molecular formula is C18H17FN4. The predicted molar refractivity (Wildman–Crippen MR) is 90.7 cm³/mol. The third-order valence-corrected chi connectivity index (χ3v) is 3.44. The van der Waals surface area contributed by atoms with Gasteiger partial charge in [-0.1, -0.05) is 48.5 Å². The molecule has 0 amide bonds. The van der Waals surface area contributed by atoms with Gasteiger partial charge in [0.05, 0.1) is 5.69 Å². The molecule has 0 bridgehead atoms. The second kappa shape index (κ2) is 6.87. The summed E-state index contributed by atoms with van der Waals surface area (Å²) in [5.41, 5.74) is 2.40. The van der Waals surface area contributed by atoms with Gasteiger partial charge in [-0.05, 0) is 6.07 Å². The van der Waals surface area contributed by atoms with E-state index in [9.17, 15) is 4.39 Å². The van der Waals surface area contributed by atoms with Crippen LogP contribution in [0, 0.1) is 5.82 Å². The molecule has 23 heavy (non-hydrogen) atoms. The highest BCUT2D eigenvalue weighted by Gasteiger charge is 2.07. The van der Waals surface area contributed by atoms with Gasteiger partial charge in [-0.3, -0.25) is 0 Å². The van der Waals surface area contributed by atoms with Gasteiger partial charge in [-0.25, -0.2) is 9.37 Å². The van der Waals surface area contributed by atoms with E-state index in [0.717, 1.165) is 11.3 Å². The second-order valence-electron chi connectivity index (χ2n) is 5.02. The minimum atomic E-state index is -0.230. The van der Waals surface area contributed by atoms with Crippen molar-refractivity contribution in [1.29, 1.82) is 0 Å².